The van der Waals surface area contributed by atoms with Crippen LogP contribution in [0.1, 0.15) is 24.6 Å². The number of benzene rings is 1. The summed E-state index contributed by atoms with van der Waals surface area (Å²) in [6, 6.07) is 14.1. The molecule has 0 fully saturated rings. The van der Waals surface area contributed by atoms with Gasteiger partial charge >= 0.3 is 0 Å². The third-order valence-corrected chi connectivity index (χ3v) is 3.62. The minimum Gasteiger partial charge on any atom is -0.370 e. The van der Waals surface area contributed by atoms with E-state index in [0.29, 0.717) is 12.1 Å². The Morgan fingerprint density at radius 3 is 2.48 bits per heavy atom. The standard InChI is InChI=1S/C17H19N3O/c1-12(10-17(19)21)9-13-3-5-14(6-4-13)16-8-7-15(11-18)20(16)2/h3-8,12H,9-10H2,1-2H3,(H2,19,21). The number of amides is 1. The summed E-state index contributed by atoms with van der Waals surface area (Å²) in [6.07, 6.45) is 1.24. The highest BCUT2D eigenvalue weighted by Crippen LogP contribution is 2.22. The number of carbonyl (C=O) groups is 1. The first kappa shape index (κ1) is 14.9. The van der Waals surface area contributed by atoms with E-state index in [1.807, 2.05) is 42.8 Å². The monoisotopic (exact) mass is 281 g/mol. The molecule has 4 heteroatoms. The Bertz CT molecular complexity index is 677. The summed E-state index contributed by atoms with van der Waals surface area (Å²) in [5, 5.41) is 8.99. The minimum absolute atomic E-state index is 0.244. The zero-order valence-corrected chi connectivity index (χ0v) is 12.3. The van der Waals surface area contributed by atoms with Crippen LogP contribution >= 0.6 is 0 Å². The lowest BCUT2D eigenvalue weighted by atomic mass is 9.97. The molecule has 2 rings (SSSR count). The first-order valence-corrected chi connectivity index (χ1v) is 6.94. The molecular formula is C17H19N3O. The average molecular weight is 281 g/mol. The molecule has 2 aromatic rings. The van der Waals surface area contributed by atoms with Crippen LogP contribution in [0.2, 0.25) is 0 Å². The van der Waals surface area contributed by atoms with E-state index >= 15 is 0 Å². The number of hydrogen-bond donors (Lipinski definition) is 1. The van der Waals surface area contributed by atoms with Gasteiger partial charge in [0.1, 0.15) is 11.8 Å². The summed E-state index contributed by atoms with van der Waals surface area (Å²) < 4.78 is 1.88. The van der Waals surface area contributed by atoms with Crippen LogP contribution in [0.25, 0.3) is 11.3 Å². The fourth-order valence-electron chi connectivity index (χ4n) is 2.54. The van der Waals surface area contributed by atoms with Crippen molar-refractivity contribution in [2.45, 2.75) is 19.8 Å². The maximum absolute atomic E-state index is 10.9. The van der Waals surface area contributed by atoms with Gasteiger partial charge in [-0.25, -0.2) is 0 Å². The predicted molar refractivity (Wildman–Crippen MR) is 82.2 cm³/mol. The number of aromatic nitrogens is 1. The van der Waals surface area contributed by atoms with Crippen LogP contribution in [0.5, 0.6) is 0 Å². The molecule has 1 unspecified atom stereocenters. The molecule has 1 atom stereocenters. The summed E-state index contributed by atoms with van der Waals surface area (Å²) in [7, 11) is 1.89. The van der Waals surface area contributed by atoms with Gasteiger partial charge in [-0.15, -0.1) is 0 Å². The van der Waals surface area contributed by atoms with Crippen LogP contribution in [-0.2, 0) is 18.3 Å². The normalized spacial score (nSPS) is 11.9. The summed E-state index contributed by atoms with van der Waals surface area (Å²) in [6.45, 7) is 2.02. The number of primary amides is 1. The molecule has 0 saturated carbocycles. The fourth-order valence-corrected chi connectivity index (χ4v) is 2.54. The first-order chi connectivity index (χ1) is 10.0. The topological polar surface area (TPSA) is 71.8 Å². The highest BCUT2D eigenvalue weighted by Gasteiger charge is 2.09. The van der Waals surface area contributed by atoms with Gasteiger partial charge in [-0.3, -0.25) is 4.79 Å². The smallest absolute Gasteiger partial charge is 0.217 e. The van der Waals surface area contributed by atoms with Gasteiger partial charge in [0.15, 0.2) is 0 Å². The van der Waals surface area contributed by atoms with Gasteiger partial charge < -0.3 is 10.3 Å². The minimum atomic E-state index is -0.257. The second kappa shape index (κ2) is 6.27. The molecule has 0 bridgehead atoms. The van der Waals surface area contributed by atoms with Gasteiger partial charge in [-0.1, -0.05) is 31.2 Å². The third-order valence-electron chi connectivity index (χ3n) is 3.62. The highest BCUT2D eigenvalue weighted by molar-refractivity contribution is 5.74. The molecule has 21 heavy (non-hydrogen) atoms. The fraction of sp³-hybridized carbons (Fsp3) is 0.294. The van der Waals surface area contributed by atoms with Crippen molar-refractivity contribution in [1.29, 1.82) is 5.26 Å². The highest BCUT2D eigenvalue weighted by atomic mass is 16.1. The van der Waals surface area contributed by atoms with Crippen molar-refractivity contribution in [3.8, 4) is 17.3 Å². The van der Waals surface area contributed by atoms with Crippen molar-refractivity contribution in [2.75, 3.05) is 0 Å². The average Bonchev–Trinajstić information content (AvgIpc) is 2.80. The number of rotatable bonds is 5. The Kier molecular flexibility index (Phi) is 4.44. The van der Waals surface area contributed by atoms with Crippen molar-refractivity contribution in [3.05, 3.63) is 47.7 Å². The van der Waals surface area contributed by atoms with Crippen LogP contribution in [0.15, 0.2) is 36.4 Å². The number of nitrogens with zero attached hydrogens (tertiary/aromatic N) is 2. The quantitative estimate of drug-likeness (QED) is 0.915. The molecule has 0 aliphatic rings. The Hall–Kier alpha value is -2.54. The number of hydrogen-bond acceptors (Lipinski definition) is 2. The molecule has 1 heterocycles. The summed E-state index contributed by atoms with van der Waals surface area (Å²) >= 11 is 0. The lowest BCUT2D eigenvalue weighted by Crippen LogP contribution is -2.15. The lowest BCUT2D eigenvalue weighted by Gasteiger charge is -2.10. The number of nitrogens with two attached hydrogens (primary N) is 1. The molecule has 4 nitrogen and oxygen atoms in total. The van der Waals surface area contributed by atoms with Crippen molar-refractivity contribution in [3.63, 3.8) is 0 Å². The zero-order chi connectivity index (χ0) is 15.4. The number of nitriles is 1. The summed E-state index contributed by atoms with van der Waals surface area (Å²) in [4.78, 5) is 10.9. The van der Waals surface area contributed by atoms with E-state index in [1.165, 1.54) is 5.56 Å². The second-order valence-corrected chi connectivity index (χ2v) is 5.45. The SMILES string of the molecule is CC(CC(N)=O)Cc1ccc(-c2ccc(C#N)n2C)cc1. The molecule has 0 aliphatic heterocycles. The molecule has 1 amide bonds. The van der Waals surface area contributed by atoms with E-state index < -0.39 is 0 Å². The van der Waals surface area contributed by atoms with Crippen molar-refractivity contribution < 1.29 is 4.79 Å². The Balaban J connectivity index is 2.14. The molecule has 1 aromatic carbocycles. The predicted octanol–water partition coefficient (Wildman–Crippen LogP) is 2.62. The van der Waals surface area contributed by atoms with E-state index in [9.17, 15) is 4.79 Å². The van der Waals surface area contributed by atoms with Crippen molar-refractivity contribution >= 4 is 5.91 Å². The van der Waals surface area contributed by atoms with Crippen LogP contribution in [-0.4, -0.2) is 10.5 Å². The molecule has 0 saturated heterocycles. The molecule has 1 aromatic heterocycles. The Labute approximate surface area is 124 Å². The van der Waals surface area contributed by atoms with Gasteiger partial charge in [0.25, 0.3) is 0 Å². The van der Waals surface area contributed by atoms with Crippen molar-refractivity contribution in [2.24, 2.45) is 18.7 Å². The largest absolute Gasteiger partial charge is 0.370 e. The van der Waals surface area contributed by atoms with Crippen molar-refractivity contribution in [1.82, 2.24) is 4.57 Å². The van der Waals surface area contributed by atoms with Crippen LogP contribution in [0, 0.1) is 17.2 Å². The maximum Gasteiger partial charge on any atom is 0.217 e. The van der Waals surface area contributed by atoms with E-state index in [-0.39, 0.29) is 11.8 Å². The Morgan fingerprint density at radius 1 is 1.29 bits per heavy atom. The number of carbonyl (C=O) groups excluding carboxylic acids is 1. The van der Waals surface area contributed by atoms with E-state index in [0.717, 1.165) is 17.7 Å². The van der Waals surface area contributed by atoms with Crippen LogP contribution in [0.3, 0.4) is 0 Å². The molecular weight excluding hydrogens is 262 g/mol. The molecule has 2 N–H and O–H groups in total. The molecule has 108 valence electrons. The summed E-state index contributed by atoms with van der Waals surface area (Å²) in [5.74, 6) is -0.0134. The van der Waals surface area contributed by atoms with E-state index in [1.54, 1.807) is 0 Å². The van der Waals surface area contributed by atoms with Gasteiger partial charge in [0, 0.05) is 19.2 Å². The third kappa shape index (κ3) is 3.51. The van der Waals surface area contributed by atoms with Gasteiger partial charge in [-0.2, -0.15) is 5.26 Å². The lowest BCUT2D eigenvalue weighted by molar-refractivity contribution is -0.118. The molecule has 0 spiro atoms. The van der Waals surface area contributed by atoms with Crippen LogP contribution in [0.4, 0.5) is 0 Å². The molecule has 0 aliphatic carbocycles. The summed E-state index contributed by atoms with van der Waals surface area (Å²) in [5.41, 5.74) is 9.13. The van der Waals surface area contributed by atoms with E-state index in [4.69, 9.17) is 11.0 Å². The van der Waals surface area contributed by atoms with Crippen LogP contribution < -0.4 is 5.73 Å². The second-order valence-electron chi connectivity index (χ2n) is 5.45. The maximum atomic E-state index is 10.9. The Morgan fingerprint density at radius 2 is 1.95 bits per heavy atom. The van der Waals surface area contributed by atoms with E-state index in [2.05, 4.69) is 18.2 Å². The zero-order valence-electron chi connectivity index (χ0n) is 12.3. The van der Waals surface area contributed by atoms with Gasteiger partial charge in [-0.05, 0) is 35.6 Å². The van der Waals surface area contributed by atoms with Gasteiger partial charge in [0.2, 0.25) is 5.91 Å². The first-order valence-electron chi connectivity index (χ1n) is 6.94. The van der Waals surface area contributed by atoms with Gasteiger partial charge in [0.05, 0.1) is 0 Å². The molecule has 0 radical (unpaired) electrons.